The monoisotopic (exact) mass is 411 g/mol. The van der Waals surface area contributed by atoms with E-state index in [1.807, 2.05) is 19.9 Å². The fourth-order valence-corrected chi connectivity index (χ4v) is 3.82. The summed E-state index contributed by atoms with van der Waals surface area (Å²) in [6.45, 7) is 3.88. The van der Waals surface area contributed by atoms with Gasteiger partial charge in [0.15, 0.2) is 5.82 Å². The molecule has 0 radical (unpaired) electrons. The molecule has 0 saturated carbocycles. The van der Waals surface area contributed by atoms with Crippen molar-refractivity contribution in [3.8, 4) is 0 Å². The van der Waals surface area contributed by atoms with Gasteiger partial charge in [-0.2, -0.15) is 0 Å². The van der Waals surface area contributed by atoms with Gasteiger partial charge in [-0.1, -0.05) is 6.07 Å². The van der Waals surface area contributed by atoms with Gasteiger partial charge in [-0.3, -0.25) is 4.72 Å². The van der Waals surface area contributed by atoms with Gasteiger partial charge >= 0.3 is 5.97 Å². The van der Waals surface area contributed by atoms with E-state index >= 15 is 0 Å². The molecule has 0 amide bonds. The first-order valence-corrected chi connectivity index (χ1v) is 10.3. The Morgan fingerprint density at radius 3 is 2.31 bits per heavy atom. The summed E-state index contributed by atoms with van der Waals surface area (Å²) >= 11 is 0. The minimum absolute atomic E-state index is 0.00951. The van der Waals surface area contributed by atoms with Crippen molar-refractivity contribution in [1.29, 1.82) is 0 Å². The predicted octanol–water partition coefficient (Wildman–Crippen LogP) is 4.03. The van der Waals surface area contributed by atoms with Crippen molar-refractivity contribution in [1.82, 2.24) is 4.98 Å². The number of ether oxygens (including phenoxy) is 1. The Morgan fingerprint density at radius 2 is 1.66 bits per heavy atom. The van der Waals surface area contributed by atoms with Gasteiger partial charge in [0.1, 0.15) is 4.90 Å². The van der Waals surface area contributed by atoms with E-state index in [0.717, 1.165) is 11.1 Å². The molecule has 0 unspecified atom stereocenters. The lowest BCUT2D eigenvalue weighted by atomic mass is 10.1. The zero-order valence-corrected chi connectivity index (χ0v) is 17.1. The number of pyridine rings is 1. The molecular formula is C21H21N3O4S. The summed E-state index contributed by atoms with van der Waals surface area (Å²) < 4.78 is 33.1. The lowest BCUT2D eigenvalue weighted by molar-refractivity contribution is 0.0600. The number of hydrogen-bond donors (Lipinski definition) is 2. The largest absolute Gasteiger partial charge is 0.465 e. The number of nitrogens with one attached hydrogen (secondary N) is 2. The maximum Gasteiger partial charge on any atom is 0.337 e. The highest BCUT2D eigenvalue weighted by atomic mass is 32.2. The summed E-state index contributed by atoms with van der Waals surface area (Å²) in [6, 6.07) is 14.8. The Morgan fingerprint density at radius 1 is 0.966 bits per heavy atom. The molecule has 1 aromatic heterocycles. The highest BCUT2D eigenvalue weighted by Crippen LogP contribution is 2.25. The average Bonchev–Trinajstić information content (AvgIpc) is 2.71. The highest BCUT2D eigenvalue weighted by molar-refractivity contribution is 7.92. The van der Waals surface area contributed by atoms with E-state index in [1.165, 1.54) is 19.4 Å². The molecule has 150 valence electrons. The van der Waals surface area contributed by atoms with Crippen molar-refractivity contribution in [2.75, 3.05) is 17.1 Å². The minimum atomic E-state index is -3.87. The molecule has 0 saturated heterocycles. The molecular weight excluding hydrogens is 390 g/mol. The lowest BCUT2D eigenvalue weighted by Crippen LogP contribution is -2.15. The molecule has 2 aromatic carbocycles. The first-order valence-electron chi connectivity index (χ1n) is 8.80. The number of sulfonamides is 1. The Hall–Kier alpha value is -3.39. The van der Waals surface area contributed by atoms with Crippen LogP contribution in [0.1, 0.15) is 21.5 Å². The molecule has 1 heterocycles. The second kappa shape index (κ2) is 8.32. The number of carbonyl (C=O) groups is 1. The Bertz CT molecular complexity index is 1140. The maximum absolute atomic E-state index is 12.9. The third kappa shape index (κ3) is 4.72. The van der Waals surface area contributed by atoms with Crippen molar-refractivity contribution >= 4 is 33.2 Å². The van der Waals surface area contributed by atoms with Crippen LogP contribution in [0.25, 0.3) is 0 Å². The highest BCUT2D eigenvalue weighted by Gasteiger charge is 2.20. The molecule has 2 N–H and O–H groups in total. The zero-order valence-electron chi connectivity index (χ0n) is 16.3. The Kier molecular flexibility index (Phi) is 5.84. The quantitative estimate of drug-likeness (QED) is 0.595. The van der Waals surface area contributed by atoms with Gasteiger partial charge in [0, 0.05) is 17.6 Å². The number of esters is 1. The number of benzene rings is 2. The molecule has 3 aromatic rings. The normalized spacial score (nSPS) is 11.0. The Balaban J connectivity index is 1.87. The number of carbonyl (C=O) groups excluding carboxylic acids is 1. The number of hydrogen-bond acceptors (Lipinski definition) is 6. The van der Waals surface area contributed by atoms with E-state index in [9.17, 15) is 13.2 Å². The van der Waals surface area contributed by atoms with Crippen LogP contribution >= 0.6 is 0 Å². The smallest absolute Gasteiger partial charge is 0.337 e. The van der Waals surface area contributed by atoms with E-state index in [4.69, 9.17) is 0 Å². The van der Waals surface area contributed by atoms with Crippen LogP contribution in [0.4, 0.5) is 17.2 Å². The summed E-state index contributed by atoms with van der Waals surface area (Å²) in [4.78, 5) is 15.7. The second-order valence-electron chi connectivity index (χ2n) is 6.45. The van der Waals surface area contributed by atoms with Crippen LogP contribution in [0.2, 0.25) is 0 Å². The van der Waals surface area contributed by atoms with Crippen molar-refractivity contribution in [2.45, 2.75) is 18.7 Å². The summed E-state index contributed by atoms with van der Waals surface area (Å²) in [5, 5.41) is 2.99. The Labute approximate surface area is 169 Å². The minimum Gasteiger partial charge on any atom is -0.465 e. The fraction of sp³-hybridized carbons (Fsp3) is 0.143. The number of nitrogens with zero attached hydrogens (tertiary/aromatic N) is 1. The predicted molar refractivity (Wildman–Crippen MR) is 112 cm³/mol. The van der Waals surface area contributed by atoms with Crippen LogP contribution in [-0.2, 0) is 14.8 Å². The lowest BCUT2D eigenvalue weighted by Gasteiger charge is -2.14. The summed E-state index contributed by atoms with van der Waals surface area (Å²) in [5.41, 5.74) is 3.51. The van der Waals surface area contributed by atoms with Crippen molar-refractivity contribution in [2.24, 2.45) is 0 Å². The molecule has 0 bridgehead atoms. The van der Waals surface area contributed by atoms with Gasteiger partial charge in [-0.15, -0.1) is 0 Å². The van der Waals surface area contributed by atoms with E-state index in [1.54, 1.807) is 42.5 Å². The average molecular weight is 411 g/mol. The van der Waals surface area contributed by atoms with Crippen molar-refractivity contribution < 1.29 is 17.9 Å². The molecule has 8 heteroatoms. The SMILES string of the molecule is COC(=O)c1ccc(Nc2ncccc2S(=O)(=O)Nc2ccc(C)c(C)c2)cc1. The van der Waals surface area contributed by atoms with Gasteiger partial charge < -0.3 is 10.1 Å². The number of rotatable bonds is 6. The topological polar surface area (TPSA) is 97.4 Å². The molecule has 0 fully saturated rings. The molecule has 0 aliphatic heterocycles. The first-order chi connectivity index (χ1) is 13.8. The van der Waals surface area contributed by atoms with Gasteiger partial charge in [0.25, 0.3) is 10.0 Å². The third-order valence-electron chi connectivity index (χ3n) is 4.39. The van der Waals surface area contributed by atoms with Crippen LogP contribution in [-0.4, -0.2) is 26.5 Å². The molecule has 29 heavy (non-hydrogen) atoms. The third-order valence-corrected chi connectivity index (χ3v) is 5.80. The first kappa shape index (κ1) is 20.3. The van der Waals surface area contributed by atoms with Crippen LogP contribution in [0.5, 0.6) is 0 Å². The van der Waals surface area contributed by atoms with Gasteiger partial charge in [0.2, 0.25) is 0 Å². The van der Waals surface area contributed by atoms with E-state index in [0.29, 0.717) is 16.9 Å². The summed E-state index contributed by atoms with van der Waals surface area (Å²) in [7, 11) is -2.56. The van der Waals surface area contributed by atoms with Crippen LogP contribution in [0.3, 0.4) is 0 Å². The number of methoxy groups -OCH3 is 1. The maximum atomic E-state index is 12.9. The van der Waals surface area contributed by atoms with Gasteiger partial charge in [-0.05, 0) is 73.5 Å². The molecule has 3 rings (SSSR count). The van der Waals surface area contributed by atoms with E-state index in [-0.39, 0.29) is 10.7 Å². The van der Waals surface area contributed by atoms with Crippen molar-refractivity contribution in [3.63, 3.8) is 0 Å². The second-order valence-corrected chi connectivity index (χ2v) is 8.10. The van der Waals surface area contributed by atoms with Gasteiger partial charge in [-0.25, -0.2) is 18.2 Å². The van der Waals surface area contributed by atoms with Crippen LogP contribution < -0.4 is 10.0 Å². The van der Waals surface area contributed by atoms with Crippen LogP contribution in [0, 0.1) is 13.8 Å². The number of anilines is 3. The molecule has 0 atom stereocenters. The van der Waals surface area contributed by atoms with E-state index in [2.05, 4.69) is 19.8 Å². The van der Waals surface area contributed by atoms with Crippen molar-refractivity contribution in [3.05, 3.63) is 77.5 Å². The summed E-state index contributed by atoms with van der Waals surface area (Å²) in [6.07, 6.45) is 1.50. The van der Waals surface area contributed by atoms with E-state index < -0.39 is 16.0 Å². The molecule has 0 spiro atoms. The van der Waals surface area contributed by atoms with Crippen LogP contribution in [0.15, 0.2) is 65.7 Å². The molecule has 7 nitrogen and oxygen atoms in total. The standard InChI is InChI=1S/C21H21N3O4S/c1-14-6-9-18(13-15(14)2)24-29(26,27)19-5-4-12-22-20(19)23-17-10-7-16(8-11-17)21(25)28-3/h4-13,24H,1-3H3,(H,22,23). The molecule has 0 aliphatic carbocycles. The molecule has 0 aliphatic rings. The summed E-state index contributed by atoms with van der Waals surface area (Å²) in [5.74, 6) is -0.273. The zero-order chi connectivity index (χ0) is 21.0. The number of aryl methyl sites for hydroxylation is 2. The fourth-order valence-electron chi connectivity index (χ4n) is 2.66. The number of aromatic nitrogens is 1. The van der Waals surface area contributed by atoms with Gasteiger partial charge in [0.05, 0.1) is 12.7 Å².